The molecular formula is C23H28N2O5S. The Morgan fingerprint density at radius 3 is 2.52 bits per heavy atom. The molecule has 166 valence electrons. The van der Waals surface area contributed by atoms with Crippen LogP contribution in [0, 0.1) is 0 Å². The maximum absolute atomic E-state index is 11.8. The van der Waals surface area contributed by atoms with E-state index in [9.17, 15) is 14.4 Å². The number of imide groups is 1. The third-order valence-corrected chi connectivity index (χ3v) is 5.44. The number of amides is 2. The first kappa shape index (κ1) is 24.4. The van der Waals surface area contributed by atoms with Crippen LogP contribution in [-0.4, -0.2) is 41.4 Å². The zero-order valence-corrected chi connectivity index (χ0v) is 18.7. The first-order valence-electron chi connectivity index (χ1n) is 10.1. The van der Waals surface area contributed by atoms with Crippen molar-refractivity contribution in [2.75, 3.05) is 12.9 Å². The fourth-order valence-corrected chi connectivity index (χ4v) is 3.41. The first-order valence-corrected chi connectivity index (χ1v) is 11.4. The van der Waals surface area contributed by atoms with Gasteiger partial charge >= 0.3 is 5.97 Å². The lowest BCUT2D eigenvalue weighted by Gasteiger charge is -2.13. The molecule has 8 heteroatoms. The SMILES string of the molecule is CCCC(=O)OCc1ccc(CCOc2ccc(CC(SC)C(=O)NC=O)cc2)nc1. The molecule has 2 rings (SSSR count). The van der Waals surface area contributed by atoms with Crippen molar-refractivity contribution >= 4 is 30.0 Å². The van der Waals surface area contributed by atoms with Crippen LogP contribution in [0.25, 0.3) is 0 Å². The Labute approximate surface area is 186 Å². The topological polar surface area (TPSA) is 94.6 Å². The van der Waals surface area contributed by atoms with Gasteiger partial charge in [-0.05, 0) is 42.9 Å². The van der Waals surface area contributed by atoms with E-state index in [-0.39, 0.29) is 23.7 Å². The van der Waals surface area contributed by atoms with E-state index in [2.05, 4.69) is 10.3 Å². The highest BCUT2D eigenvalue weighted by Crippen LogP contribution is 2.18. The molecule has 0 fully saturated rings. The van der Waals surface area contributed by atoms with Crippen molar-refractivity contribution in [2.45, 2.75) is 44.5 Å². The van der Waals surface area contributed by atoms with Crippen LogP contribution in [0.2, 0.25) is 0 Å². The number of benzene rings is 1. The lowest BCUT2D eigenvalue weighted by atomic mass is 10.1. The minimum absolute atomic E-state index is 0.195. The Hall–Kier alpha value is -2.87. The van der Waals surface area contributed by atoms with Gasteiger partial charge in [-0.25, -0.2) is 0 Å². The summed E-state index contributed by atoms with van der Waals surface area (Å²) in [6.07, 6.45) is 6.35. The first-order chi connectivity index (χ1) is 15.0. The van der Waals surface area contributed by atoms with Gasteiger partial charge in [-0.15, -0.1) is 0 Å². The Morgan fingerprint density at radius 1 is 1.16 bits per heavy atom. The quantitative estimate of drug-likeness (QED) is 0.375. The summed E-state index contributed by atoms with van der Waals surface area (Å²) in [4.78, 5) is 38.1. The summed E-state index contributed by atoms with van der Waals surface area (Å²) in [5.74, 6) is 0.251. The van der Waals surface area contributed by atoms with Gasteiger partial charge in [-0.1, -0.05) is 25.1 Å². The number of aromatic nitrogens is 1. The van der Waals surface area contributed by atoms with Gasteiger partial charge in [0, 0.05) is 30.3 Å². The number of ether oxygens (including phenoxy) is 2. The van der Waals surface area contributed by atoms with E-state index >= 15 is 0 Å². The Balaban J connectivity index is 1.76. The molecule has 0 saturated heterocycles. The van der Waals surface area contributed by atoms with Crippen molar-refractivity contribution in [2.24, 2.45) is 0 Å². The van der Waals surface area contributed by atoms with Crippen LogP contribution >= 0.6 is 11.8 Å². The summed E-state index contributed by atoms with van der Waals surface area (Å²) < 4.78 is 10.9. The van der Waals surface area contributed by atoms with Crippen molar-refractivity contribution in [3.63, 3.8) is 0 Å². The smallest absolute Gasteiger partial charge is 0.306 e. The van der Waals surface area contributed by atoms with Crippen molar-refractivity contribution < 1.29 is 23.9 Å². The average Bonchev–Trinajstić information content (AvgIpc) is 2.78. The maximum atomic E-state index is 11.8. The number of hydrogen-bond acceptors (Lipinski definition) is 7. The van der Waals surface area contributed by atoms with Crippen LogP contribution in [0.4, 0.5) is 0 Å². The molecular weight excluding hydrogens is 416 g/mol. The molecule has 1 N–H and O–H groups in total. The second kappa shape index (κ2) is 13.4. The molecule has 2 aromatic rings. The lowest BCUT2D eigenvalue weighted by molar-refractivity contribution is -0.145. The molecule has 0 radical (unpaired) electrons. The van der Waals surface area contributed by atoms with Crippen LogP contribution < -0.4 is 10.1 Å². The highest BCUT2D eigenvalue weighted by Gasteiger charge is 2.17. The van der Waals surface area contributed by atoms with Gasteiger partial charge in [-0.3, -0.25) is 24.7 Å². The molecule has 1 atom stereocenters. The molecule has 2 amide bonds. The van der Waals surface area contributed by atoms with Gasteiger partial charge < -0.3 is 9.47 Å². The molecule has 0 bridgehead atoms. The molecule has 7 nitrogen and oxygen atoms in total. The van der Waals surface area contributed by atoms with Gasteiger partial charge in [0.05, 0.1) is 11.9 Å². The van der Waals surface area contributed by atoms with E-state index < -0.39 is 0 Å². The molecule has 1 aromatic carbocycles. The van der Waals surface area contributed by atoms with Crippen molar-refractivity contribution in [3.8, 4) is 5.75 Å². The molecule has 0 aliphatic carbocycles. The number of esters is 1. The van der Waals surface area contributed by atoms with E-state index in [0.29, 0.717) is 32.3 Å². The summed E-state index contributed by atoms with van der Waals surface area (Å²) in [7, 11) is 0. The van der Waals surface area contributed by atoms with Crippen molar-refractivity contribution in [3.05, 3.63) is 59.4 Å². The maximum Gasteiger partial charge on any atom is 0.306 e. The Bertz CT molecular complexity index is 840. The second-order valence-corrected chi connectivity index (χ2v) is 7.91. The lowest BCUT2D eigenvalue weighted by Crippen LogP contribution is -2.32. The molecule has 0 spiro atoms. The fraction of sp³-hybridized carbons (Fsp3) is 0.391. The van der Waals surface area contributed by atoms with Gasteiger partial charge in [0.25, 0.3) is 0 Å². The number of thioether (sulfide) groups is 1. The fourth-order valence-electron chi connectivity index (χ4n) is 2.77. The number of pyridine rings is 1. The number of hydrogen-bond donors (Lipinski definition) is 1. The number of rotatable bonds is 13. The van der Waals surface area contributed by atoms with Crippen LogP contribution in [0.3, 0.4) is 0 Å². The zero-order valence-electron chi connectivity index (χ0n) is 17.8. The van der Waals surface area contributed by atoms with Crippen molar-refractivity contribution in [1.82, 2.24) is 10.3 Å². The van der Waals surface area contributed by atoms with Gasteiger partial charge in [0.15, 0.2) is 0 Å². The zero-order chi connectivity index (χ0) is 22.5. The van der Waals surface area contributed by atoms with E-state index in [1.807, 2.05) is 49.6 Å². The van der Waals surface area contributed by atoms with Crippen LogP contribution in [0.5, 0.6) is 5.75 Å². The Kier molecular flexibility index (Phi) is 10.6. The summed E-state index contributed by atoms with van der Waals surface area (Å²) in [5.41, 5.74) is 2.74. The third-order valence-electron chi connectivity index (χ3n) is 4.49. The van der Waals surface area contributed by atoms with E-state index in [1.165, 1.54) is 11.8 Å². The molecule has 1 aromatic heterocycles. The summed E-state index contributed by atoms with van der Waals surface area (Å²) in [6, 6.07) is 11.4. The largest absolute Gasteiger partial charge is 0.493 e. The molecule has 31 heavy (non-hydrogen) atoms. The highest BCUT2D eigenvalue weighted by molar-refractivity contribution is 7.99. The third kappa shape index (κ3) is 8.80. The van der Waals surface area contributed by atoms with E-state index in [1.54, 1.807) is 6.20 Å². The average molecular weight is 445 g/mol. The van der Waals surface area contributed by atoms with Crippen LogP contribution in [0.15, 0.2) is 42.6 Å². The number of carbonyl (C=O) groups excluding carboxylic acids is 3. The number of nitrogens with zero attached hydrogens (tertiary/aromatic N) is 1. The second-order valence-electron chi connectivity index (χ2n) is 6.87. The predicted octanol–water partition coefficient (Wildman–Crippen LogP) is 3.09. The van der Waals surface area contributed by atoms with Crippen LogP contribution in [-0.2, 0) is 38.6 Å². The van der Waals surface area contributed by atoms with Gasteiger partial charge in [0.2, 0.25) is 12.3 Å². The minimum Gasteiger partial charge on any atom is -0.493 e. The van der Waals surface area contributed by atoms with E-state index in [4.69, 9.17) is 9.47 Å². The summed E-state index contributed by atoms with van der Waals surface area (Å²) >= 11 is 1.40. The van der Waals surface area contributed by atoms with Gasteiger partial charge in [-0.2, -0.15) is 11.8 Å². The predicted molar refractivity (Wildman–Crippen MR) is 120 cm³/mol. The normalized spacial score (nSPS) is 11.4. The monoisotopic (exact) mass is 444 g/mol. The number of nitrogens with one attached hydrogen (secondary N) is 1. The molecule has 0 saturated carbocycles. The molecule has 1 heterocycles. The van der Waals surface area contributed by atoms with Crippen molar-refractivity contribution in [1.29, 1.82) is 0 Å². The molecule has 0 aliphatic rings. The van der Waals surface area contributed by atoms with E-state index in [0.717, 1.165) is 29.0 Å². The van der Waals surface area contributed by atoms with Gasteiger partial charge in [0.1, 0.15) is 12.4 Å². The summed E-state index contributed by atoms with van der Waals surface area (Å²) in [6.45, 7) is 2.66. The highest BCUT2D eigenvalue weighted by atomic mass is 32.2. The van der Waals surface area contributed by atoms with Crippen LogP contribution in [0.1, 0.15) is 36.6 Å². The standard InChI is InChI=1S/C23H28N2O5S/c1-3-4-22(27)30-15-18-5-8-19(24-14-18)11-12-29-20-9-6-17(7-10-20)13-21(31-2)23(28)25-16-26/h5-10,14,16,21H,3-4,11-13,15H2,1-2H3,(H,25,26,28). The number of carbonyl (C=O) groups is 3. The Morgan fingerprint density at radius 2 is 1.90 bits per heavy atom. The minimum atomic E-state index is -0.318. The summed E-state index contributed by atoms with van der Waals surface area (Å²) in [5, 5.41) is 1.88. The molecule has 0 aliphatic heterocycles. The molecule has 1 unspecified atom stereocenters.